The van der Waals surface area contributed by atoms with E-state index in [1.165, 1.54) is 0 Å². The van der Waals surface area contributed by atoms with Crippen LogP contribution < -0.4 is 4.90 Å². The van der Waals surface area contributed by atoms with Crippen LogP contribution in [0.25, 0.3) is 0 Å². The van der Waals surface area contributed by atoms with Crippen molar-refractivity contribution in [1.29, 1.82) is 0 Å². The molecule has 4 heteroatoms. The number of benzene rings is 1. The number of nitrogens with zero attached hydrogens (tertiary/aromatic N) is 3. The molecule has 122 valence electrons. The molecule has 23 heavy (non-hydrogen) atoms. The third-order valence-corrected chi connectivity index (χ3v) is 3.84. The molecule has 0 fully saturated rings. The molecule has 2 rings (SSSR count). The van der Waals surface area contributed by atoms with E-state index in [1.54, 1.807) is 17.2 Å². The van der Waals surface area contributed by atoms with E-state index in [4.69, 9.17) is 0 Å². The predicted molar refractivity (Wildman–Crippen MR) is 94.7 cm³/mol. The summed E-state index contributed by atoms with van der Waals surface area (Å²) >= 11 is 0. The van der Waals surface area contributed by atoms with Gasteiger partial charge in [-0.3, -0.25) is 4.79 Å². The number of unbranched alkanes of at least 4 members (excludes halogenated alkanes) is 1. The molecule has 1 aromatic carbocycles. The minimum absolute atomic E-state index is 0.0152. The van der Waals surface area contributed by atoms with Crippen molar-refractivity contribution in [2.75, 3.05) is 25.5 Å². The summed E-state index contributed by atoms with van der Waals surface area (Å²) in [4.78, 5) is 20.8. The SMILES string of the molecule is CCCCN(C)c1cc(C(=O)N(C)Cc2ccccc2)ccn1. The molecule has 0 radical (unpaired) electrons. The van der Waals surface area contributed by atoms with Crippen LogP contribution in [0, 0.1) is 0 Å². The Bertz CT molecular complexity index is 628. The average Bonchev–Trinajstić information content (AvgIpc) is 2.60. The zero-order valence-electron chi connectivity index (χ0n) is 14.2. The van der Waals surface area contributed by atoms with E-state index < -0.39 is 0 Å². The van der Waals surface area contributed by atoms with E-state index in [0.29, 0.717) is 12.1 Å². The van der Waals surface area contributed by atoms with Gasteiger partial charge in [0.1, 0.15) is 5.82 Å². The number of hydrogen-bond donors (Lipinski definition) is 0. The first-order chi connectivity index (χ1) is 11.1. The molecule has 0 saturated carbocycles. The molecule has 0 aliphatic carbocycles. The summed E-state index contributed by atoms with van der Waals surface area (Å²) in [5.74, 6) is 0.860. The van der Waals surface area contributed by atoms with Gasteiger partial charge < -0.3 is 9.80 Å². The van der Waals surface area contributed by atoms with E-state index in [2.05, 4.69) is 16.8 Å². The fourth-order valence-corrected chi connectivity index (χ4v) is 2.42. The lowest BCUT2D eigenvalue weighted by atomic mass is 10.2. The highest BCUT2D eigenvalue weighted by molar-refractivity contribution is 5.94. The quantitative estimate of drug-likeness (QED) is 0.784. The van der Waals surface area contributed by atoms with Gasteiger partial charge in [0, 0.05) is 38.9 Å². The second-order valence-corrected chi connectivity index (χ2v) is 5.82. The number of amides is 1. The van der Waals surface area contributed by atoms with Gasteiger partial charge in [-0.1, -0.05) is 43.7 Å². The zero-order chi connectivity index (χ0) is 16.7. The van der Waals surface area contributed by atoms with Gasteiger partial charge in [0.2, 0.25) is 0 Å². The van der Waals surface area contributed by atoms with Crippen molar-refractivity contribution in [3.8, 4) is 0 Å². The number of rotatable bonds is 7. The molecule has 0 aliphatic rings. The van der Waals surface area contributed by atoms with Gasteiger partial charge >= 0.3 is 0 Å². The van der Waals surface area contributed by atoms with Gasteiger partial charge in [0.05, 0.1) is 0 Å². The van der Waals surface area contributed by atoms with Gasteiger partial charge in [0.25, 0.3) is 5.91 Å². The van der Waals surface area contributed by atoms with Crippen molar-refractivity contribution >= 4 is 11.7 Å². The van der Waals surface area contributed by atoms with Gasteiger partial charge in [-0.25, -0.2) is 4.98 Å². The molecule has 0 aliphatic heterocycles. The maximum absolute atomic E-state index is 12.6. The molecule has 4 nitrogen and oxygen atoms in total. The topological polar surface area (TPSA) is 36.4 Å². The summed E-state index contributed by atoms with van der Waals surface area (Å²) in [6.45, 7) is 3.71. The molecule has 0 N–H and O–H groups in total. The molecule has 0 saturated heterocycles. The number of anilines is 1. The Morgan fingerprint density at radius 1 is 1.13 bits per heavy atom. The Kier molecular flexibility index (Phi) is 6.15. The maximum Gasteiger partial charge on any atom is 0.254 e. The molecule has 1 amide bonds. The van der Waals surface area contributed by atoms with E-state index >= 15 is 0 Å². The fourth-order valence-electron chi connectivity index (χ4n) is 2.42. The van der Waals surface area contributed by atoms with Gasteiger partial charge in [-0.15, -0.1) is 0 Å². The second-order valence-electron chi connectivity index (χ2n) is 5.82. The number of hydrogen-bond acceptors (Lipinski definition) is 3. The summed E-state index contributed by atoms with van der Waals surface area (Å²) < 4.78 is 0. The summed E-state index contributed by atoms with van der Waals surface area (Å²) in [5.41, 5.74) is 1.80. The molecule has 1 aromatic heterocycles. The average molecular weight is 311 g/mol. The van der Waals surface area contributed by atoms with Crippen molar-refractivity contribution in [1.82, 2.24) is 9.88 Å². The Balaban J connectivity index is 2.06. The van der Waals surface area contributed by atoms with E-state index in [1.807, 2.05) is 50.5 Å². The van der Waals surface area contributed by atoms with Crippen molar-refractivity contribution in [3.05, 3.63) is 59.8 Å². The van der Waals surface area contributed by atoms with Crippen molar-refractivity contribution in [3.63, 3.8) is 0 Å². The predicted octanol–water partition coefficient (Wildman–Crippen LogP) is 3.59. The Hall–Kier alpha value is -2.36. The van der Waals surface area contributed by atoms with Gasteiger partial charge in [0.15, 0.2) is 0 Å². The second kappa shape index (κ2) is 8.32. The van der Waals surface area contributed by atoms with Crippen LogP contribution >= 0.6 is 0 Å². The van der Waals surface area contributed by atoms with Crippen molar-refractivity contribution in [2.24, 2.45) is 0 Å². The summed E-state index contributed by atoms with van der Waals surface area (Å²) in [5, 5.41) is 0. The van der Waals surface area contributed by atoms with Crippen LogP contribution in [-0.2, 0) is 6.54 Å². The van der Waals surface area contributed by atoms with Gasteiger partial charge in [-0.05, 0) is 24.1 Å². The largest absolute Gasteiger partial charge is 0.360 e. The number of pyridine rings is 1. The van der Waals surface area contributed by atoms with Crippen LogP contribution in [0.15, 0.2) is 48.7 Å². The molecule has 1 heterocycles. The van der Waals surface area contributed by atoms with Crippen LogP contribution in [0.1, 0.15) is 35.7 Å². The van der Waals surface area contributed by atoms with Gasteiger partial charge in [-0.2, -0.15) is 0 Å². The first kappa shape index (κ1) is 17.0. The van der Waals surface area contributed by atoms with Crippen LogP contribution in [0.3, 0.4) is 0 Å². The van der Waals surface area contributed by atoms with Crippen LogP contribution in [0.5, 0.6) is 0 Å². The summed E-state index contributed by atoms with van der Waals surface area (Å²) in [6, 6.07) is 13.7. The maximum atomic E-state index is 12.6. The zero-order valence-corrected chi connectivity index (χ0v) is 14.2. The molecule has 0 bridgehead atoms. The lowest BCUT2D eigenvalue weighted by Gasteiger charge is -2.20. The Labute approximate surface area is 138 Å². The van der Waals surface area contributed by atoms with Crippen LogP contribution in [0.2, 0.25) is 0 Å². The highest BCUT2D eigenvalue weighted by Gasteiger charge is 2.14. The van der Waals surface area contributed by atoms with Crippen molar-refractivity contribution in [2.45, 2.75) is 26.3 Å². The summed E-state index contributed by atoms with van der Waals surface area (Å²) in [7, 11) is 3.84. The van der Waals surface area contributed by atoms with Crippen LogP contribution in [-0.4, -0.2) is 36.4 Å². The molecular weight excluding hydrogens is 286 g/mol. The minimum atomic E-state index is 0.0152. The van der Waals surface area contributed by atoms with Crippen molar-refractivity contribution < 1.29 is 4.79 Å². The lowest BCUT2D eigenvalue weighted by Crippen LogP contribution is -2.27. The monoisotopic (exact) mass is 311 g/mol. The summed E-state index contributed by atoms with van der Waals surface area (Å²) in [6.07, 6.45) is 3.97. The molecule has 0 spiro atoms. The molecular formula is C19H25N3O. The number of carbonyl (C=O) groups is 1. The van der Waals surface area contributed by atoms with Crippen LogP contribution in [0.4, 0.5) is 5.82 Å². The standard InChI is InChI=1S/C19H25N3O/c1-4-5-13-21(2)18-14-17(11-12-20-18)19(23)22(3)15-16-9-7-6-8-10-16/h6-12,14H,4-5,13,15H2,1-3H3. The lowest BCUT2D eigenvalue weighted by molar-refractivity contribution is 0.0785. The number of aromatic nitrogens is 1. The highest BCUT2D eigenvalue weighted by Crippen LogP contribution is 2.14. The highest BCUT2D eigenvalue weighted by atomic mass is 16.2. The molecule has 0 atom stereocenters. The van der Waals surface area contributed by atoms with E-state index in [9.17, 15) is 4.79 Å². The number of carbonyl (C=O) groups excluding carboxylic acids is 1. The molecule has 2 aromatic rings. The third kappa shape index (κ3) is 4.81. The smallest absolute Gasteiger partial charge is 0.254 e. The minimum Gasteiger partial charge on any atom is -0.360 e. The third-order valence-electron chi connectivity index (χ3n) is 3.84. The Morgan fingerprint density at radius 2 is 1.87 bits per heavy atom. The van der Waals surface area contributed by atoms with E-state index in [-0.39, 0.29) is 5.91 Å². The fraction of sp³-hybridized carbons (Fsp3) is 0.368. The first-order valence-electron chi connectivity index (χ1n) is 8.08. The normalized spacial score (nSPS) is 10.4. The Morgan fingerprint density at radius 3 is 2.57 bits per heavy atom. The molecule has 0 unspecified atom stereocenters. The van der Waals surface area contributed by atoms with E-state index in [0.717, 1.165) is 30.8 Å². The first-order valence-corrected chi connectivity index (χ1v) is 8.08.